The first kappa shape index (κ1) is 25.9. The van der Waals surface area contributed by atoms with Crippen molar-refractivity contribution in [2.45, 2.75) is 18.9 Å². The number of ether oxygens (including phenoxy) is 2. The summed E-state index contributed by atoms with van der Waals surface area (Å²) in [5.74, 6) is -1.15. The standard InChI is InChI=1S/C22H26N4O8S/c1-33-20-10-9-15(26(29)30)12-19(20)25(35(2,31)32)14-21(27)24-18-8-4-3-7-17(18)22(28)23-13-16-6-5-11-34-16/h3-4,7-10,12,16H,5-6,11,13-14H2,1-2H3,(H,23,28)(H,24,27)/t16-/m1/s1. The largest absolute Gasteiger partial charge is 0.495 e. The van der Waals surface area contributed by atoms with Gasteiger partial charge in [-0.2, -0.15) is 0 Å². The van der Waals surface area contributed by atoms with Crippen molar-refractivity contribution in [1.82, 2.24) is 5.32 Å². The first-order valence-corrected chi connectivity index (χ1v) is 12.5. The van der Waals surface area contributed by atoms with Gasteiger partial charge in [-0.1, -0.05) is 12.1 Å². The number of non-ortho nitro benzene ring substituents is 1. The number of nitrogens with zero attached hydrogens (tertiary/aromatic N) is 2. The number of nitro groups is 1. The average Bonchev–Trinajstić information content (AvgIpc) is 3.34. The number of hydrogen-bond acceptors (Lipinski definition) is 8. The van der Waals surface area contributed by atoms with Crippen molar-refractivity contribution in [3.05, 3.63) is 58.1 Å². The minimum atomic E-state index is -4.05. The molecule has 0 spiro atoms. The van der Waals surface area contributed by atoms with Crippen LogP contribution in [0, 0.1) is 10.1 Å². The Labute approximate surface area is 202 Å². The highest BCUT2D eigenvalue weighted by Crippen LogP contribution is 2.33. The number of nitro benzene ring substituents is 1. The molecule has 3 rings (SSSR count). The van der Waals surface area contributed by atoms with Crippen LogP contribution in [0.2, 0.25) is 0 Å². The van der Waals surface area contributed by atoms with E-state index in [9.17, 15) is 28.1 Å². The highest BCUT2D eigenvalue weighted by Gasteiger charge is 2.27. The summed E-state index contributed by atoms with van der Waals surface area (Å²) in [4.78, 5) is 36.1. The van der Waals surface area contributed by atoms with Crippen molar-refractivity contribution in [2.24, 2.45) is 0 Å². The maximum atomic E-state index is 12.9. The van der Waals surface area contributed by atoms with Crippen LogP contribution in [0.5, 0.6) is 5.75 Å². The van der Waals surface area contributed by atoms with Crippen molar-refractivity contribution in [1.29, 1.82) is 0 Å². The van der Waals surface area contributed by atoms with E-state index in [0.29, 0.717) is 17.5 Å². The fourth-order valence-electron chi connectivity index (χ4n) is 3.59. The van der Waals surface area contributed by atoms with Gasteiger partial charge in [-0.05, 0) is 31.0 Å². The van der Waals surface area contributed by atoms with Crippen LogP contribution in [0.15, 0.2) is 42.5 Å². The molecule has 1 heterocycles. The minimum absolute atomic E-state index is 0.0303. The second kappa shape index (κ2) is 11.1. The van der Waals surface area contributed by atoms with Gasteiger partial charge in [0.25, 0.3) is 11.6 Å². The van der Waals surface area contributed by atoms with Gasteiger partial charge in [0.2, 0.25) is 15.9 Å². The lowest BCUT2D eigenvalue weighted by atomic mass is 10.1. The summed E-state index contributed by atoms with van der Waals surface area (Å²) in [6, 6.07) is 9.71. The maximum absolute atomic E-state index is 12.9. The lowest BCUT2D eigenvalue weighted by Crippen LogP contribution is -2.38. The van der Waals surface area contributed by atoms with Crippen LogP contribution in [0.1, 0.15) is 23.2 Å². The predicted octanol–water partition coefficient (Wildman–Crippen LogP) is 1.92. The summed E-state index contributed by atoms with van der Waals surface area (Å²) in [6.45, 7) is 0.275. The van der Waals surface area contributed by atoms with Crippen LogP contribution in [-0.2, 0) is 19.6 Å². The summed E-state index contributed by atoms with van der Waals surface area (Å²) in [5, 5.41) is 16.5. The molecule has 13 heteroatoms. The molecule has 2 N–H and O–H groups in total. The van der Waals surface area contributed by atoms with Gasteiger partial charge < -0.3 is 20.1 Å². The van der Waals surface area contributed by atoms with Crippen molar-refractivity contribution < 1.29 is 32.4 Å². The maximum Gasteiger partial charge on any atom is 0.271 e. The monoisotopic (exact) mass is 506 g/mol. The Morgan fingerprint density at radius 1 is 1.26 bits per heavy atom. The van der Waals surface area contributed by atoms with E-state index in [1.807, 2.05) is 0 Å². The number of carbonyl (C=O) groups is 2. The highest BCUT2D eigenvalue weighted by atomic mass is 32.2. The van der Waals surface area contributed by atoms with Crippen molar-refractivity contribution in [3.63, 3.8) is 0 Å². The van der Waals surface area contributed by atoms with Crippen molar-refractivity contribution in [2.75, 3.05) is 42.7 Å². The number of nitrogens with one attached hydrogen (secondary N) is 2. The molecule has 2 amide bonds. The smallest absolute Gasteiger partial charge is 0.271 e. The fourth-order valence-corrected chi connectivity index (χ4v) is 4.44. The quantitative estimate of drug-likeness (QED) is 0.365. The van der Waals surface area contributed by atoms with E-state index in [4.69, 9.17) is 9.47 Å². The number of para-hydroxylation sites is 1. The molecule has 0 unspecified atom stereocenters. The lowest BCUT2D eigenvalue weighted by molar-refractivity contribution is -0.384. The molecule has 0 bridgehead atoms. The highest BCUT2D eigenvalue weighted by molar-refractivity contribution is 7.92. The summed E-state index contributed by atoms with van der Waals surface area (Å²) in [6.07, 6.45) is 2.58. The summed E-state index contributed by atoms with van der Waals surface area (Å²) in [7, 11) is -2.77. The van der Waals surface area contributed by atoms with Crippen LogP contribution in [-0.4, -0.2) is 64.3 Å². The molecule has 2 aromatic rings. The van der Waals surface area contributed by atoms with Crippen LogP contribution in [0.3, 0.4) is 0 Å². The Bertz CT molecular complexity index is 1210. The minimum Gasteiger partial charge on any atom is -0.495 e. The fraction of sp³-hybridized carbons (Fsp3) is 0.364. The number of benzene rings is 2. The zero-order valence-corrected chi connectivity index (χ0v) is 20.0. The van der Waals surface area contributed by atoms with Crippen molar-refractivity contribution >= 4 is 38.9 Å². The molecule has 0 aromatic heterocycles. The number of sulfonamides is 1. The number of anilines is 2. The number of amides is 2. The van der Waals surface area contributed by atoms with Gasteiger partial charge in [-0.25, -0.2) is 8.42 Å². The zero-order valence-electron chi connectivity index (χ0n) is 19.2. The Kier molecular flexibility index (Phi) is 8.25. The predicted molar refractivity (Wildman–Crippen MR) is 128 cm³/mol. The van der Waals surface area contributed by atoms with E-state index in [-0.39, 0.29) is 34.5 Å². The number of rotatable bonds is 10. The molecule has 0 saturated carbocycles. The van der Waals surface area contributed by atoms with Crippen LogP contribution < -0.4 is 19.7 Å². The van der Waals surface area contributed by atoms with E-state index >= 15 is 0 Å². The third-order valence-corrected chi connectivity index (χ3v) is 6.42. The van der Waals surface area contributed by atoms with Crippen LogP contribution >= 0.6 is 0 Å². The second-order valence-electron chi connectivity index (χ2n) is 7.82. The Morgan fingerprint density at radius 3 is 2.63 bits per heavy atom. The molecule has 1 saturated heterocycles. The number of hydrogen-bond donors (Lipinski definition) is 2. The molecule has 1 aliphatic heterocycles. The Morgan fingerprint density at radius 2 is 2.00 bits per heavy atom. The molecule has 12 nitrogen and oxygen atoms in total. The molecule has 35 heavy (non-hydrogen) atoms. The third-order valence-electron chi connectivity index (χ3n) is 5.29. The van der Waals surface area contributed by atoms with Gasteiger partial charge in [0.05, 0.1) is 35.6 Å². The third kappa shape index (κ3) is 6.67. The zero-order chi connectivity index (χ0) is 25.6. The summed E-state index contributed by atoms with van der Waals surface area (Å²) < 4.78 is 36.3. The van der Waals surface area contributed by atoms with Gasteiger partial charge in [0.15, 0.2) is 0 Å². The molecule has 0 aliphatic carbocycles. The van der Waals surface area contributed by atoms with E-state index in [2.05, 4.69) is 10.6 Å². The number of carbonyl (C=O) groups excluding carboxylic acids is 2. The summed E-state index contributed by atoms with van der Waals surface area (Å²) >= 11 is 0. The SMILES string of the molecule is COc1ccc([N+](=O)[O-])cc1N(CC(=O)Nc1ccccc1C(=O)NC[C@H]1CCCO1)S(C)(=O)=O. The van der Waals surface area contributed by atoms with Gasteiger partial charge in [0.1, 0.15) is 18.0 Å². The second-order valence-corrected chi connectivity index (χ2v) is 9.73. The molecular formula is C22H26N4O8S. The van der Waals surface area contributed by atoms with E-state index in [1.54, 1.807) is 12.1 Å². The Balaban J connectivity index is 1.80. The van der Waals surface area contributed by atoms with Gasteiger partial charge in [-0.15, -0.1) is 0 Å². The average molecular weight is 507 g/mol. The topological polar surface area (TPSA) is 157 Å². The number of methoxy groups -OCH3 is 1. The first-order valence-electron chi connectivity index (χ1n) is 10.7. The van der Waals surface area contributed by atoms with Crippen molar-refractivity contribution in [3.8, 4) is 5.75 Å². The molecule has 0 radical (unpaired) electrons. The normalized spacial score (nSPS) is 15.3. The summed E-state index contributed by atoms with van der Waals surface area (Å²) in [5.41, 5.74) is -0.162. The molecule has 1 fully saturated rings. The van der Waals surface area contributed by atoms with Crippen LogP contribution in [0.4, 0.5) is 17.1 Å². The molecule has 1 atom stereocenters. The van der Waals surface area contributed by atoms with Gasteiger partial charge in [0, 0.05) is 25.3 Å². The van der Waals surface area contributed by atoms with Gasteiger partial charge >= 0.3 is 0 Å². The van der Waals surface area contributed by atoms with Gasteiger partial charge in [-0.3, -0.25) is 24.0 Å². The molecule has 2 aromatic carbocycles. The lowest BCUT2D eigenvalue weighted by Gasteiger charge is -2.23. The van der Waals surface area contributed by atoms with E-state index in [1.165, 1.54) is 25.3 Å². The molecule has 1 aliphatic rings. The van der Waals surface area contributed by atoms with Crippen LogP contribution in [0.25, 0.3) is 0 Å². The van der Waals surface area contributed by atoms with E-state index in [0.717, 1.165) is 31.2 Å². The molecular weight excluding hydrogens is 480 g/mol. The first-order chi connectivity index (χ1) is 16.6. The molecule has 188 valence electrons. The van der Waals surface area contributed by atoms with E-state index < -0.39 is 33.3 Å². The Hall–Kier alpha value is -3.71.